The number of allylic oxidation sites excluding steroid dienone is 5. The summed E-state index contributed by atoms with van der Waals surface area (Å²) < 4.78 is 4.01. The molecule has 0 nitrogen and oxygen atoms in total. The molecule has 0 spiro atoms. The molecule has 1 aromatic rings. The second kappa shape index (κ2) is 8.34. The zero-order valence-corrected chi connectivity index (χ0v) is 20.5. The summed E-state index contributed by atoms with van der Waals surface area (Å²) in [5.74, 6) is 0. The third-order valence-electron chi connectivity index (χ3n) is 4.22. The minimum Gasteiger partial charge on any atom is -1.00 e. The molecule has 0 amide bonds. The van der Waals surface area contributed by atoms with E-state index in [1.165, 1.54) is 35.6 Å². The Balaban J connectivity index is 0.00000104. The molecule has 1 unspecified atom stereocenters. The van der Waals surface area contributed by atoms with E-state index in [4.69, 9.17) is 20.5 Å². The number of hydrogen-bond donors (Lipinski definition) is 0. The van der Waals surface area contributed by atoms with Gasteiger partial charge in [0.1, 0.15) is 0 Å². The van der Waals surface area contributed by atoms with Gasteiger partial charge in [-0.25, -0.2) is 0 Å². The number of thioether (sulfide) groups is 1. The molecule has 124 valence electrons. The van der Waals surface area contributed by atoms with Crippen LogP contribution in [-0.2, 0) is 26.1 Å². The van der Waals surface area contributed by atoms with Crippen LogP contribution in [0.4, 0.5) is 0 Å². The van der Waals surface area contributed by atoms with Crippen LogP contribution in [0.5, 0.6) is 0 Å². The summed E-state index contributed by atoms with van der Waals surface area (Å²) in [6.45, 7) is 2.20. The Hall–Kier alpha value is 0.983. The van der Waals surface area contributed by atoms with Crippen molar-refractivity contribution in [3.63, 3.8) is 0 Å². The van der Waals surface area contributed by atoms with Crippen LogP contribution >= 0.6 is 48.1 Å². The SMILES string of the molecule is CC1=Cc2[c]([Zr+2](=[S])[CH]3SC(Cl)=C4C=CC=C43)ccc(Br)c2C1.[Cl-].[Cl-]. The molecule has 2 aliphatic carbocycles. The van der Waals surface area contributed by atoms with Crippen LogP contribution in [0.3, 0.4) is 0 Å². The van der Waals surface area contributed by atoms with Crippen LogP contribution in [0.15, 0.2) is 55.9 Å². The Kier molecular flexibility index (Phi) is 7.39. The molecule has 1 atom stereocenters. The molecule has 1 aliphatic heterocycles. The van der Waals surface area contributed by atoms with Crippen molar-refractivity contribution >= 4 is 57.5 Å². The number of fused-ring (bicyclic) bond motifs is 2. The largest absolute Gasteiger partial charge is 1.00 e. The standard InChI is InChI=1S/C10H8Br.C7H4ClS.2ClH.S.Zr/c1-7-5-8-3-2-4-10(11)9(8)6-7;8-7-6-3-1-2-5(6)4-9-7;;;;/h2,4-5H,6H2,1H3;1-4H;2*1H;;/q;;;;;+2/p-2. The fraction of sp³-hybridized carbons (Fsp3) is 0.176. The molecule has 4 rings (SSSR count). The molecular weight excluding hydrogens is 546 g/mol. The Labute approximate surface area is 183 Å². The Morgan fingerprint density at radius 1 is 1.33 bits per heavy atom. The third-order valence-corrected chi connectivity index (χ3v) is 16.5. The van der Waals surface area contributed by atoms with Crippen molar-refractivity contribution in [3.05, 3.63) is 67.0 Å². The molecule has 0 bridgehead atoms. The first-order chi connectivity index (χ1) is 10.6. The number of hydrogen-bond acceptors (Lipinski definition) is 2. The summed E-state index contributed by atoms with van der Waals surface area (Å²) in [7, 11) is 6.14. The zero-order chi connectivity index (χ0) is 15.4. The molecule has 24 heavy (non-hydrogen) atoms. The van der Waals surface area contributed by atoms with Crippen molar-refractivity contribution in [1.82, 2.24) is 0 Å². The van der Waals surface area contributed by atoms with Crippen molar-refractivity contribution in [2.24, 2.45) is 0 Å². The minimum atomic E-state index is -2.23. The predicted molar refractivity (Wildman–Crippen MR) is 100 cm³/mol. The average Bonchev–Trinajstić information content (AvgIpc) is 3.15. The first-order valence-electron chi connectivity index (χ1n) is 7.04. The van der Waals surface area contributed by atoms with Crippen molar-refractivity contribution in [3.8, 4) is 0 Å². The van der Waals surface area contributed by atoms with Crippen molar-refractivity contribution in [2.45, 2.75) is 16.3 Å². The van der Waals surface area contributed by atoms with Crippen LogP contribution < -0.4 is 28.1 Å². The van der Waals surface area contributed by atoms with Crippen molar-refractivity contribution < 1.29 is 44.5 Å². The molecule has 0 N–H and O–H groups in total. The van der Waals surface area contributed by atoms with Gasteiger partial charge in [-0.3, -0.25) is 0 Å². The van der Waals surface area contributed by atoms with Gasteiger partial charge in [0.2, 0.25) is 0 Å². The van der Waals surface area contributed by atoms with Crippen LogP contribution in [0.25, 0.3) is 6.08 Å². The maximum absolute atomic E-state index is 6.42. The number of rotatable bonds is 2. The molecule has 0 saturated carbocycles. The second-order valence-electron chi connectivity index (χ2n) is 5.69. The van der Waals surface area contributed by atoms with Gasteiger partial charge in [0.25, 0.3) is 0 Å². The molecule has 0 aromatic heterocycles. The first-order valence-corrected chi connectivity index (χ1v) is 15.2. The Bertz CT molecular complexity index is 856. The normalized spacial score (nSPS) is 19.7. The molecule has 1 aromatic carbocycles. The van der Waals surface area contributed by atoms with E-state index >= 15 is 0 Å². The molecule has 0 radical (unpaired) electrons. The van der Waals surface area contributed by atoms with Crippen LogP contribution in [0.1, 0.15) is 18.1 Å². The second-order valence-corrected chi connectivity index (χ2v) is 16.4. The van der Waals surface area contributed by atoms with E-state index < -0.39 is 19.7 Å². The Morgan fingerprint density at radius 3 is 2.83 bits per heavy atom. The molecule has 3 aliphatic rings. The summed E-state index contributed by atoms with van der Waals surface area (Å²) in [6.07, 6.45) is 9.80. The monoisotopic (exact) mass is 554 g/mol. The average molecular weight is 558 g/mol. The van der Waals surface area contributed by atoms with Gasteiger partial charge in [-0.05, 0) is 0 Å². The molecule has 0 fully saturated rings. The summed E-state index contributed by atoms with van der Waals surface area (Å²) in [5, 5.41) is 0. The molecule has 0 saturated heterocycles. The van der Waals surface area contributed by atoms with Gasteiger partial charge in [0, 0.05) is 0 Å². The third kappa shape index (κ3) is 3.54. The van der Waals surface area contributed by atoms with Crippen molar-refractivity contribution in [1.29, 1.82) is 0 Å². The fourth-order valence-corrected chi connectivity index (χ4v) is 14.5. The van der Waals surface area contributed by atoms with E-state index in [0.29, 0.717) is 2.96 Å². The van der Waals surface area contributed by atoms with Crippen molar-refractivity contribution in [2.75, 3.05) is 0 Å². The van der Waals surface area contributed by atoms with E-state index in [0.717, 1.165) is 10.8 Å². The maximum atomic E-state index is 6.42. The first kappa shape index (κ1) is 21.3. The summed E-state index contributed by atoms with van der Waals surface area (Å²) >= 11 is 9.67. The van der Waals surface area contributed by atoms with E-state index in [1.54, 1.807) is 11.8 Å². The quantitative estimate of drug-likeness (QED) is 0.494. The van der Waals surface area contributed by atoms with Gasteiger partial charge in [0.05, 0.1) is 0 Å². The summed E-state index contributed by atoms with van der Waals surface area (Å²) in [5.41, 5.74) is 6.81. The van der Waals surface area contributed by atoms with Gasteiger partial charge in [-0.15, -0.1) is 0 Å². The van der Waals surface area contributed by atoms with Gasteiger partial charge < -0.3 is 24.8 Å². The summed E-state index contributed by atoms with van der Waals surface area (Å²) in [4.78, 5) is 0. The van der Waals surface area contributed by atoms with Gasteiger partial charge in [0.15, 0.2) is 0 Å². The van der Waals surface area contributed by atoms with E-state index in [9.17, 15) is 0 Å². The predicted octanol–water partition coefficient (Wildman–Crippen LogP) is -0.208. The fourth-order valence-electron chi connectivity index (χ4n) is 3.18. The number of benzene rings is 1. The molecule has 1 heterocycles. The van der Waals surface area contributed by atoms with E-state index in [2.05, 4.69) is 59.3 Å². The van der Waals surface area contributed by atoms with Crippen LogP contribution in [0.2, 0.25) is 0 Å². The smallest absolute Gasteiger partial charge is 1.00 e. The van der Waals surface area contributed by atoms with Crippen LogP contribution in [-0.4, -0.2) is 2.96 Å². The zero-order valence-electron chi connectivity index (χ0n) is 12.6. The van der Waals surface area contributed by atoms with Crippen LogP contribution in [0, 0.1) is 0 Å². The van der Waals surface area contributed by atoms with E-state index in [1.807, 2.05) is 0 Å². The van der Waals surface area contributed by atoms with Gasteiger partial charge in [-0.2, -0.15) is 0 Å². The van der Waals surface area contributed by atoms with Gasteiger partial charge in [-0.1, -0.05) is 0 Å². The van der Waals surface area contributed by atoms with E-state index in [-0.39, 0.29) is 24.8 Å². The maximum Gasteiger partial charge on any atom is -1.00 e. The topological polar surface area (TPSA) is 0 Å². The molecule has 7 heteroatoms. The Morgan fingerprint density at radius 2 is 2.08 bits per heavy atom. The van der Waals surface area contributed by atoms with Gasteiger partial charge >= 0.3 is 161 Å². The summed E-state index contributed by atoms with van der Waals surface area (Å²) in [6, 6.07) is 4.44. The number of halogens is 4. The minimum absolute atomic E-state index is 0. The molecular formula is C17H12BrCl3S2Zr.